The van der Waals surface area contributed by atoms with Crippen LogP contribution in [0.1, 0.15) is 15.9 Å². The minimum Gasteiger partial charge on any atom is -0.497 e. The van der Waals surface area contributed by atoms with Crippen molar-refractivity contribution in [2.24, 2.45) is 0 Å². The average molecular weight is 384 g/mol. The summed E-state index contributed by atoms with van der Waals surface area (Å²) in [7, 11) is 1.65. The van der Waals surface area contributed by atoms with E-state index in [1.807, 2.05) is 66.7 Å². The Hall–Kier alpha value is -3.86. The van der Waals surface area contributed by atoms with Gasteiger partial charge in [0.1, 0.15) is 5.75 Å². The van der Waals surface area contributed by atoms with Crippen molar-refractivity contribution in [3.63, 3.8) is 0 Å². The molecule has 5 nitrogen and oxygen atoms in total. The summed E-state index contributed by atoms with van der Waals surface area (Å²) in [6.07, 6.45) is 5.03. The number of amides is 1. The van der Waals surface area contributed by atoms with Gasteiger partial charge in [0, 0.05) is 23.9 Å². The molecule has 2 aromatic heterocycles. The molecule has 0 spiro atoms. The van der Waals surface area contributed by atoms with Gasteiger partial charge >= 0.3 is 0 Å². The van der Waals surface area contributed by atoms with Crippen LogP contribution in [0.15, 0.2) is 89.9 Å². The van der Waals surface area contributed by atoms with Crippen LogP contribution in [0.4, 0.5) is 0 Å². The van der Waals surface area contributed by atoms with E-state index in [1.54, 1.807) is 25.8 Å². The van der Waals surface area contributed by atoms with E-state index in [2.05, 4.69) is 10.3 Å². The fourth-order valence-electron chi connectivity index (χ4n) is 3.01. The molecule has 1 N–H and O–H groups in total. The molecular formula is C24H20N2O3. The number of pyridine rings is 1. The van der Waals surface area contributed by atoms with Gasteiger partial charge < -0.3 is 14.5 Å². The zero-order valence-corrected chi connectivity index (χ0v) is 16.0. The number of nitrogens with zero attached hydrogens (tertiary/aromatic N) is 1. The van der Waals surface area contributed by atoms with Gasteiger partial charge in [0.15, 0.2) is 0 Å². The highest BCUT2D eigenvalue weighted by atomic mass is 16.5. The number of furan rings is 1. The normalized spacial score (nSPS) is 10.5. The van der Waals surface area contributed by atoms with Gasteiger partial charge in [0.2, 0.25) is 0 Å². The third-order valence-electron chi connectivity index (χ3n) is 4.64. The molecule has 0 aliphatic heterocycles. The van der Waals surface area contributed by atoms with Crippen LogP contribution in [-0.2, 0) is 6.54 Å². The van der Waals surface area contributed by atoms with Crippen LogP contribution in [0.3, 0.4) is 0 Å². The molecule has 144 valence electrons. The molecule has 4 aromatic rings. The second-order valence-electron chi connectivity index (χ2n) is 6.56. The Morgan fingerprint density at radius 1 is 1.00 bits per heavy atom. The summed E-state index contributed by atoms with van der Waals surface area (Å²) in [6, 6.07) is 21.1. The Morgan fingerprint density at radius 3 is 2.55 bits per heavy atom. The number of hydrogen-bond acceptors (Lipinski definition) is 4. The lowest BCUT2D eigenvalue weighted by molar-refractivity contribution is 0.0951. The molecule has 0 aliphatic carbocycles. The Labute approximate surface area is 169 Å². The Morgan fingerprint density at radius 2 is 1.86 bits per heavy atom. The number of benzene rings is 2. The molecule has 5 heteroatoms. The number of carbonyl (C=O) groups excluding carboxylic acids is 1. The molecule has 2 heterocycles. The van der Waals surface area contributed by atoms with Gasteiger partial charge in [0.25, 0.3) is 5.91 Å². The molecule has 0 saturated heterocycles. The first-order valence-electron chi connectivity index (χ1n) is 9.23. The SMILES string of the molecule is COc1cccc(-c2ccc(C(=O)NCc3ccc(-c4ccoc4)nc3)cc2)c1. The first-order valence-corrected chi connectivity index (χ1v) is 9.23. The number of rotatable bonds is 6. The molecule has 2 aromatic carbocycles. The van der Waals surface area contributed by atoms with E-state index in [9.17, 15) is 4.79 Å². The van der Waals surface area contributed by atoms with Crippen LogP contribution in [0, 0.1) is 0 Å². The van der Waals surface area contributed by atoms with Crippen molar-refractivity contribution >= 4 is 5.91 Å². The van der Waals surface area contributed by atoms with E-state index in [0.717, 1.165) is 33.7 Å². The van der Waals surface area contributed by atoms with Crippen molar-refractivity contribution in [3.05, 3.63) is 96.6 Å². The topological polar surface area (TPSA) is 64.4 Å². The second kappa shape index (κ2) is 8.44. The van der Waals surface area contributed by atoms with Crippen molar-refractivity contribution in [2.45, 2.75) is 6.54 Å². The lowest BCUT2D eigenvalue weighted by atomic mass is 10.0. The summed E-state index contributed by atoms with van der Waals surface area (Å²) in [5.74, 6) is 0.679. The molecular weight excluding hydrogens is 364 g/mol. The summed E-state index contributed by atoms with van der Waals surface area (Å²) in [5.41, 5.74) is 5.37. The van der Waals surface area contributed by atoms with Gasteiger partial charge in [-0.2, -0.15) is 0 Å². The summed E-state index contributed by atoms with van der Waals surface area (Å²) < 4.78 is 10.3. The Balaban J connectivity index is 1.38. The van der Waals surface area contributed by atoms with E-state index in [4.69, 9.17) is 9.15 Å². The summed E-state index contributed by atoms with van der Waals surface area (Å²) >= 11 is 0. The van der Waals surface area contributed by atoms with Gasteiger partial charge in [-0.25, -0.2) is 0 Å². The van der Waals surface area contributed by atoms with Gasteiger partial charge in [0.05, 0.1) is 25.3 Å². The summed E-state index contributed by atoms with van der Waals surface area (Å²) in [6.45, 7) is 0.412. The minimum absolute atomic E-state index is 0.124. The Bertz CT molecular complexity index is 1090. The number of aromatic nitrogens is 1. The lowest BCUT2D eigenvalue weighted by Crippen LogP contribution is -2.22. The smallest absolute Gasteiger partial charge is 0.251 e. The standard InChI is InChI=1S/C24H20N2O3/c1-28-22-4-2-3-20(13-22)18-6-8-19(9-7-18)24(27)26-15-17-5-10-23(25-14-17)21-11-12-29-16-21/h2-14,16H,15H2,1H3,(H,26,27). The van der Waals surface area contributed by atoms with Crippen LogP contribution < -0.4 is 10.1 Å². The van der Waals surface area contributed by atoms with Crippen molar-refractivity contribution in [3.8, 4) is 28.1 Å². The van der Waals surface area contributed by atoms with Gasteiger partial charge in [-0.1, -0.05) is 30.3 Å². The summed E-state index contributed by atoms with van der Waals surface area (Å²) in [4.78, 5) is 16.9. The molecule has 4 rings (SSSR count). The van der Waals surface area contributed by atoms with E-state index < -0.39 is 0 Å². The molecule has 29 heavy (non-hydrogen) atoms. The van der Waals surface area contributed by atoms with E-state index >= 15 is 0 Å². The fraction of sp³-hybridized carbons (Fsp3) is 0.0833. The molecule has 1 amide bonds. The van der Waals surface area contributed by atoms with Gasteiger partial charge in [-0.15, -0.1) is 0 Å². The van der Waals surface area contributed by atoms with Crippen LogP contribution in [0.25, 0.3) is 22.4 Å². The predicted molar refractivity (Wildman–Crippen MR) is 112 cm³/mol. The van der Waals surface area contributed by atoms with Gasteiger partial charge in [-0.05, 0) is 53.1 Å². The number of nitrogens with one attached hydrogen (secondary N) is 1. The van der Waals surface area contributed by atoms with Gasteiger partial charge in [-0.3, -0.25) is 9.78 Å². The highest BCUT2D eigenvalue weighted by Gasteiger charge is 2.07. The summed E-state index contributed by atoms with van der Waals surface area (Å²) in [5, 5.41) is 2.93. The lowest BCUT2D eigenvalue weighted by Gasteiger charge is -2.08. The van der Waals surface area contributed by atoms with Crippen molar-refractivity contribution in [1.82, 2.24) is 10.3 Å². The molecule has 0 bridgehead atoms. The number of hydrogen-bond donors (Lipinski definition) is 1. The van der Waals surface area contributed by atoms with E-state index in [0.29, 0.717) is 12.1 Å². The van der Waals surface area contributed by atoms with Crippen molar-refractivity contribution < 1.29 is 13.9 Å². The fourth-order valence-corrected chi connectivity index (χ4v) is 3.01. The molecule has 0 atom stereocenters. The predicted octanol–water partition coefficient (Wildman–Crippen LogP) is 4.95. The third-order valence-corrected chi connectivity index (χ3v) is 4.64. The average Bonchev–Trinajstić information content (AvgIpc) is 3.33. The van der Waals surface area contributed by atoms with Crippen LogP contribution >= 0.6 is 0 Å². The first kappa shape index (κ1) is 18.5. The monoisotopic (exact) mass is 384 g/mol. The van der Waals surface area contributed by atoms with E-state index in [1.165, 1.54) is 0 Å². The van der Waals surface area contributed by atoms with Crippen LogP contribution in [0.2, 0.25) is 0 Å². The number of carbonyl (C=O) groups is 1. The largest absolute Gasteiger partial charge is 0.497 e. The Kier molecular flexibility index (Phi) is 5.38. The second-order valence-corrected chi connectivity index (χ2v) is 6.56. The molecule has 0 aliphatic rings. The van der Waals surface area contributed by atoms with Crippen molar-refractivity contribution in [1.29, 1.82) is 0 Å². The van der Waals surface area contributed by atoms with Crippen LogP contribution in [-0.4, -0.2) is 18.0 Å². The quantitative estimate of drug-likeness (QED) is 0.511. The first-order chi connectivity index (χ1) is 14.2. The maximum Gasteiger partial charge on any atom is 0.251 e. The highest BCUT2D eigenvalue weighted by Crippen LogP contribution is 2.24. The minimum atomic E-state index is -0.124. The van der Waals surface area contributed by atoms with E-state index in [-0.39, 0.29) is 5.91 Å². The molecule has 0 saturated carbocycles. The van der Waals surface area contributed by atoms with Crippen LogP contribution in [0.5, 0.6) is 5.75 Å². The molecule has 0 fully saturated rings. The van der Waals surface area contributed by atoms with Crippen molar-refractivity contribution in [2.75, 3.05) is 7.11 Å². The zero-order valence-electron chi connectivity index (χ0n) is 16.0. The number of methoxy groups -OCH3 is 1. The highest BCUT2D eigenvalue weighted by molar-refractivity contribution is 5.94. The maximum atomic E-state index is 12.5. The molecule has 0 radical (unpaired) electrons. The third kappa shape index (κ3) is 4.35. The number of ether oxygens (including phenoxy) is 1. The zero-order chi connectivity index (χ0) is 20.1. The maximum absolute atomic E-state index is 12.5. The molecule has 0 unspecified atom stereocenters.